The summed E-state index contributed by atoms with van der Waals surface area (Å²) in [7, 11) is 0. The average molecular weight is 1110 g/mol. The molecule has 0 saturated carbocycles. The zero-order valence-corrected chi connectivity index (χ0v) is 52.2. The van der Waals surface area contributed by atoms with Gasteiger partial charge in [-0.2, -0.15) is 0 Å². The predicted octanol–water partition coefficient (Wildman–Crippen LogP) is 21.1. The molecule has 0 saturated heterocycles. The number of imidazole rings is 1. The molecule has 0 atom stereocenters. The van der Waals surface area contributed by atoms with Crippen LogP contribution in [0.1, 0.15) is 132 Å². The van der Waals surface area contributed by atoms with E-state index in [0.29, 0.717) is 0 Å². The first-order valence-electron chi connectivity index (χ1n) is 30.3. The SMILES string of the molecule is CC(C)(C)c1cc(-c2ccc3c(c2)-c2cccc(-c4cc(C(C)(C)C)cc(C(C)(C)C)c4)c2-[n+]2[c-]n(-c4cccc(Oc5ccc6c7ccccc7n(-c7cc(C(C)(C)C)ccn7)c6c5)c4)c4cccc(c42)-c2ccccc2-3)cc(C(C)(C)C)c1. The Morgan fingerprint density at radius 1 is 0.365 bits per heavy atom. The van der Waals surface area contributed by atoms with Crippen LogP contribution in [0.15, 0.2) is 200 Å². The largest absolute Gasteiger partial charge is 0.458 e. The number of para-hydroxylation sites is 3. The lowest BCUT2D eigenvalue weighted by atomic mass is 9.78. The molecule has 424 valence electrons. The van der Waals surface area contributed by atoms with Crippen LogP contribution in [0.3, 0.4) is 0 Å². The lowest BCUT2D eigenvalue weighted by molar-refractivity contribution is -0.570. The maximum atomic E-state index is 6.98. The molecule has 0 N–H and O–H groups in total. The number of hydrogen-bond acceptors (Lipinski definition) is 2. The minimum atomic E-state index is -0.0949. The Labute approximate surface area is 503 Å². The van der Waals surface area contributed by atoms with E-state index in [-0.39, 0.29) is 27.1 Å². The normalized spacial score (nSPS) is 12.9. The topological polar surface area (TPSA) is 35.9 Å². The van der Waals surface area contributed by atoms with Gasteiger partial charge >= 0.3 is 0 Å². The van der Waals surface area contributed by atoms with Crippen molar-refractivity contribution in [3.8, 4) is 84.3 Å². The van der Waals surface area contributed by atoms with Crippen molar-refractivity contribution in [2.75, 3.05) is 0 Å². The third kappa shape index (κ3) is 9.95. The maximum absolute atomic E-state index is 6.98. The molecule has 1 aliphatic heterocycles. The number of pyridine rings is 1. The minimum Gasteiger partial charge on any atom is -0.458 e. The van der Waals surface area contributed by atoms with Crippen molar-refractivity contribution in [2.45, 2.75) is 131 Å². The Kier molecular flexibility index (Phi) is 13.0. The lowest BCUT2D eigenvalue weighted by Crippen LogP contribution is -2.32. The average Bonchev–Trinajstić information content (AvgIpc) is 2.19. The Balaban J connectivity index is 1.04. The molecule has 0 amide bonds. The molecule has 0 spiro atoms. The summed E-state index contributed by atoms with van der Waals surface area (Å²) < 4.78 is 13.9. The van der Waals surface area contributed by atoms with E-state index in [1.54, 1.807) is 0 Å². The summed E-state index contributed by atoms with van der Waals surface area (Å²) in [6.07, 6.45) is 6.02. The molecule has 13 rings (SSSR count). The number of nitrogens with zero attached hydrogens (tertiary/aromatic N) is 4. The fourth-order valence-electron chi connectivity index (χ4n) is 12.5. The standard InChI is InChI=1S/C80H78N4O/c1-76(2,3)53-37-38-81-73(46-53)84-70-31-19-18-27-65(70)66-36-34-60(48-72(66)84)85-59-24-20-23-58(47-59)82-49-83-74-61(52-41-56(79(10,11)12)45-57(42-52)80(13,14)15)28-21-29-68(74)69-43-50(51-39-54(77(4,5)6)44-55(40-51)78(7,8)9)33-35-64(69)62-25-16-17-26-63(62)67-30-22-32-71(82)75(67)83/h16-48H,1-15H3. The highest BCUT2D eigenvalue weighted by atomic mass is 16.5. The molecule has 0 fully saturated rings. The van der Waals surface area contributed by atoms with Gasteiger partial charge in [0.05, 0.1) is 33.4 Å². The fourth-order valence-corrected chi connectivity index (χ4v) is 12.5. The second-order valence-electron chi connectivity index (χ2n) is 28.8. The molecular weight excluding hydrogens is 1030 g/mol. The van der Waals surface area contributed by atoms with Crippen molar-refractivity contribution >= 4 is 32.8 Å². The van der Waals surface area contributed by atoms with Gasteiger partial charge in [-0.3, -0.25) is 13.7 Å². The van der Waals surface area contributed by atoms with E-state index in [1.165, 1.54) is 66.6 Å². The van der Waals surface area contributed by atoms with Gasteiger partial charge in [0, 0.05) is 23.0 Å². The van der Waals surface area contributed by atoms with Crippen LogP contribution < -0.4 is 9.30 Å². The van der Waals surface area contributed by atoms with E-state index in [1.807, 2.05) is 6.20 Å². The first-order valence-corrected chi connectivity index (χ1v) is 30.3. The Bertz CT molecular complexity index is 4580. The molecule has 0 radical (unpaired) electrons. The number of benzene rings is 9. The molecule has 1 aliphatic rings. The highest BCUT2D eigenvalue weighted by molar-refractivity contribution is 6.09. The zero-order chi connectivity index (χ0) is 59.7. The molecule has 3 aromatic heterocycles. The molecule has 0 unspecified atom stereocenters. The number of aromatic nitrogens is 4. The summed E-state index contributed by atoms with van der Waals surface area (Å²) in [5.41, 5.74) is 24.1. The van der Waals surface area contributed by atoms with Crippen LogP contribution in [0.25, 0.3) is 106 Å². The quantitative estimate of drug-likeness (QED) is 0.123. The van der Waals surface area contributed by atoms with Crippen LogP contribution in [-0.2, 0) is 27.1 Å². The van der Waals surface area contributed by atoms with Gasteiger partial charge in [0.15, 0.2) is 0 Å². The molecule has 5 heteroatoms. The highest BCUT2D eigenvalue weighted by Crippen LogP contribution is 2.48. The summed E-state index contributed by atoms with van der Waals surface area (Å²) >= 11 is 0. The lowest BCUT2D eigenvalue weighted by Gasteiger charge is -2.27. The van der Waals surface area contributed by atoms with E-state index in [4.69, 9.17) is 9.72 Å². The smallest absolute Gasteiger partial charge is 0.269 e. The van der Waals surface area contributed by atoms with E-state index >= 15 is 0 Å². The van der Waals surface area contributed by atoms with Crippen molar-refractivity contribution in [1.82, 2.24) is 14.1 Å². The third-order valence-corrected chi connectivity index (χ3v) is 17.5. The van der Waals surface area contributed by atoms with Crippen molar-refractivity contribution in [3.63, 3.8) is 0 Å². The van der Waals surface area contributed by atoms with Crippen LogP contribution in [-0.4, -0.2) is 14.1 Å². The van der Waals surface area contributed by atoms with Gasteiger partial charge < -0.3 is 4.74 Å². The van der Waals surface area contributed by atoms with Crippen molar-refractivity contribution in [1.29, 1.82) is 0 Å². The maximum Gasteiger partial charge on any atom is 0.269 e. The van der Waals surface area contributed by atoms with E-state index < -0.39 is 0 Å². The molecule has 0 bridgehead atoms. The summed E-state index contributed by atoms with van der Waals surface area (Å²) in [5.74, 6) is 2.34. The Hall–Kier alpha value is -8.80. The number of ether oxygens (including phenoxy) is 1. The molecule has 0 aliphatic carbocycles. The fraction of sp³-hybridized carbons (Fsp3) is 0.250. The number of hydrogen-bond donors (Lipinski definition) is 0. The van der Waals surface area contributed by atoms with Crippen LogP contribution in [0.4, 0.5) is 0 Å². The second kappa shape index (κ2) is 19.9. The van der Waals surface area contributed by atoms with Gasteiger partial charge in [0.1, 0.15) is 17.3 Å². The first kappa shape index (κ1) is 55.4. The highest BCUT2D eigenvalue weighted by Gasteiger charge is 2.30. The number of fused-ring (bicyclic) bond motifs is 10. The van der Waals surface area contributed by atoms with Gasteiger partial charge in [0.2, 0.25) is 0 Å². The summed E-state index contributed by atoms with van der Waals surface area (Å²) in [4.78, 5) is 4.95. The molecule has 12 aromatic rings. The molecule has 9 aromatic carbocycles. The van der Waals surface area contributed by atoms with Crippen molar-refractivity contribution in [2.24, 2.45) is 0 Å². The first-order chi connectivity index (χ1) is 40.3. The third-order valence-electron chi connectivity index (χ3n) is 17.5. The van der Waals surface area contributed by atoms with Crippen LogP contribution in [0.5, 0.6) is 11.5 Å². The van der Waals surface area contributed by atoms with Crippen LogP contribution in [0.2, 0.25) is 0 Å². The zero-order valence-electron chi connectivity index (χ0n) is 52.2. The van der Waals surface area contributed by atoms with Gasteiger partial charge in [-0.05, 0) is 165 Å². The minimum absolute atomic E-state index is 0.0368. The van der Waals surface area contributed by atoms with Gasteiger partial charge in [-0.25, -0.2) is 4.98 Å². The van der Waals surface area contributed by atoms with E-state index in [2.05, 4.69) is 318 Å². The summed E-state index contributed by atoms with van der Waals surface area (Å²) in [6.45, 7) is 34.7. The van der Waals surface area contributed by atoms with Crippen LogP contribution >= 0.6 is 0 Å². The van der Waals surface area contributed by atoms with Crippen LogP contribution in [0, 0.1) is 6.33 Å². The second-order valence-corrected chi connectivity index (χ2v) is 28.8. The van der Waals surface area contributed by atoms with E-state index in [9.17, 15) is 0 Å². The van der Waals surface area contributed by atoms with E-state index in [0.717, 1.165) is 78.4 Å². The molecule has 5 nitrogen and oxygen atoms in total. The molecule has 85 heavy (non-hydrogen) atoms. The Morgan fingerprint density at radius 3 is 1.56 bits per heavy atom. The number of rotatable bonds is 6. The van der Waals surface area contributed by atoms with Gasteiger partial charge in [-0.15, -0.1) is 0 Å². The van der Waals surface area contributed by atoms with Crippen molar-refractivity contribution < 1.29 is 9.30 Å². The molecule has 4 heterocycles. The molecular formula is C80H78N4O. The van der Waals surface area contributed by atoms with Gasteiger partial charge in [0.25, 0.3) is 6.33 Å². The Morgan fingerprint density at radius 2 is 0.894 bits per heavy atom. The summed E-state index contributed by atoms with van der Waals surface area (Å²) in [5, 5.41) is 2.32. The summed E-state index contributed by atoms with van der Waals surface area (Å²) in [6, 6.07) is 72.3. The predicted molar refractivity (Wildman–Crippen MR) is 357 cm³/mol. The monoisotopic (exact) mass is 1110 g/mol. The van der Waals surface area contributed by atoms with Gasteiger partial charge in [-0.1, -0.05) is 237 Å². The van der Waals surface area contributed by atoms with Crippen molar-refractivity contribution in [3.05, 3.63) is 234 Å².